The Kier molecular flexibility index (Phi) is 4.23. The Morgan fingerprint density at radius 3 is 0.889 bits per heavy atom. The summed E-state index contributed by atoms with van der Waals surface area (Å²) in [5.41, 5.74) is 7.48. The molecule has 0 heterocycles. The molecule has 3 aliphatic rings. The normalized spacial score (nSPS) is 26.7. The monoisotopic (exact) mass is 244 g/mol. The lowest BCUT2D eigenvalue weighted by atomic mass is 9.79. The zero-order valence-electron chi connectivity index (χ0n) is 11.9. The minimum Gasteiger partial charge on any atom is -0.0710 e. The molecule has 0 atom stereocenters. The summed E-state index contributed by atoms with van der Waals surface area (Å²) in [6.45, 7) is 0. The Hall–Kier alpha value is -0.520. The molecule has 3 fully saturated rings. The molecule has 18 heavy (non-hydrogen) atoms. The van der Waals surface area contributed by atoms with Crippen molar-refractivity contribution in [2.75, 3.05) is 0 Å². The Labute approximate surface area is 113 Å². The van der Waals surface area contributed by atoms with Crippen molar-refractivity contribution in [2.24, 2.45) is 0 Å². The molecule has 0 heteroatoms. The highest BCUT2D eigenvalue weighted by Gasteiger charge is 2.19. The van der Waals surface area contributed by atoms with Crippen LogP contribution in [0.4, 0.5) is 0 Å². The molecular formula is C18H28. The number of hydrogen-bond donors (Lipinski definition) is 0. The predicted molar refractivity (Wildman–Crippen MR) is 78.7 cm³/mol. The van der Waals surface area contributed by atoms with Crippen LogP contribution in [0, 0.1) is 0 Å². The van der Waals surface area contributed by atoms with E-state index in [9.17, 15) is 0 Å². The van der Waals surface area contributed by atoms with Crippen molar-refractivity contribution in [3.63, 3.8) is 0 Å². The van der Waals surface area contributed by atoms with Crippen LogP contribution in [0.3, 0.4) is 0 Å². The molecule has 0 aromatic heterocycles. The van der Waals surface area contributed by atoms with Gasteiger partial charge in [0.2, 0.25) is 0 Å². The molecule has 100 valence electrons. The van der Waals surface area contributed by atoms with Crippen molar-refractivity contribution in [2.45, 2.75) is 89.9 Å². The summed E-state index contributed by atoms with van der Waals surface area (Å²) in [5.74, 6) is 0. The zero-order valence-corrected chi connectivity index (χ0v) is 11.9. The standard InChI is InChI=1S/C18H28/c1-3-7-15(8-4-1)17-11-13-18(14-12-17)16-9-5-2-6-10-16/h1-14H2. The van der Waals surface area contributed by atoms with Gasteiger partial charge in [-0.1, -0.05) is 35.1 Å². The highest BCUT2D eigenvalue weighted by atomic mass is 14.2. The minimum absolute atomic E-state index is 1.41. The second-order valence-corrected chi connectivity index (χ2v) is 6.54. The van der Waals surface area contributed by atoms with E-state index in [0.29, 0.717) is 0 Å². The first-order valence-electron chi connectivity index (χ1n) is 8.33. The molecule has 0 aliphatic heterocycles. The average molecular weight is 244 g/mol. The van der Waals surface area contributed by atoms with Gasteiger partial charge in [-0.3, -0.25) is 0 Å². The molecule has 0 bridgehead atoms. The second-order valence-electron chi connectivity index (χ2n) is 6.54. The van der Waals surface area contributed by atoms with Crippen LogP contribution in [0.5, 0.6) is 0 Å². The van der Waals surface area contributed by atoms with Crippen LogP contribution in [0.2, 0.25) is 0 Å². The van der Waals surface area contributed by atoms with Crippen LogP contribution in [0.15, 0.2) is 22.3 Å². The van der Waals surface area contributed by atoms with Gasteiger partial charge in [-0.25, -0.2) is 0 Å². The maximum atomic E-state index is 1.87. The van der Waals surface area contributed by atoms with E-state index >= 15 is 0 Å². The lowest BCUT2D eigenvalue weighted by Gasteiger charge is -2.27. The maximum Gasteiger partial charge on any atom is -0.0280 e. The van der Waals surface area contributed by atoms with Gasteiger partial charge >= 0.3 is 0 Å². The molecule has 0 N–H and O–H groups in total. The molecule has 0 spiro atoms. The Morgan fingerprint density at radius 1 is 0.278 bits per heavy atom. The Morgan fingerprint density at radius 2 is 0.556 bits per heavy atom. The molecule has 0 amide bonds. The van der Waals surface area contributed by atoms with Crippen LogP contribution in [-0.2, 0) is 0 Å². The fraction of sp³-hybridized carbons (Fsp3) is 0.778. The average Bonchev–Trinajstić information content (AvgIpc) is 2.49. The van der Waals surface area contributed by atoms with Gasteiger partial charge in [0.1, 0.15) is 0 Å². The van der Waals surface area contributed by atoms with Crippen molar-refractivity contribution < 1.29 is 0 Å². The van der Waals surface area contributed by atoms with Gasteiger partial charge in [-0.15, -0.1) is 0 Å². The molecule has 0 saturated heterocycles. The van der Waals surface area contributed by atoms with Crippen LogP contribution in [-0.4, -0.2) is 0 Å². The second kappa shape index (κ2) is 6.08. The molecule has 0 unspecified atom stereocenters. The van der Waals surface area contributed by atoms with Crippen molar-refractivity contribution in [3.8, 4) is 0 Å². The summed E-state index contributed by atoms with van der Waals surface area (Å²) in [6.07, 6.45) is 20.2. The highest BCUT2D eigenvalue weighted by Crippen LogP contribution is 2.38. The van der Waals surface area contributed by atoms with Crippen molar-refractivity contribution in [3.05, 3.63) is 22.3 Å². The van der Waals surface area contributed by atoms with E-state index in [2.05, 4.69) is 0 Å². The van der Waals surface area contributed by atoms with Gasteiger partial charge in [0.25, 0.3) is 0 Å². The maximum absolute atomic E-state index is 1.87. The molecule has 3 rings (SSSR count). The summed E-state index contributed by atoms with van der Waals surface area (Å²) >= 11 is 0. The van der Waals surface area contributed by atoms with Gasteiger partial charge in [0.05, 0.1) is 0 Å². The highest BCUT2D eigenvalue weighted by molar-refractivity contribution is 5.26. The van der Waals surface area contributed by atoms with Crippen LogP contribution in [0.1, 0.15) is 89.9 Å². The molecule has 3 aliphatic carbocycles. The van der Waals surface area contributed by atoms with E-state index in [4.69, 9.17) is 0 Å². The number of hydrogen-bond acceptors (Lipinski definition) is 0. The van der Waals surface area contributed by atoms with E-state index < -0.39 is 0 Å². The topological polar surface area (TPSA) is 0 Å². The summed E-state index contributed by atoms with van der Waals surface area (Å²) in [4.78, 5) is 0. The third kappa shape index (κ3) is 2.90. The minimum atomic E-state index is 1.41. The Balaban J connectivity index is 1.63. The van der Waals surface area contributed by atoms with E-state index in [1.54, 1.807) is 0 Å². The molecule has 0 aromatic rings. The number of allylic oxidation sites excluding steroid dienone is 4. The van der Waals surface area contributed by atoms with Gasteiger partial charge < -0.3 is 0 Å². The van der Waals surface area contributed by atoms with E-state index in [0.717, 1.165) is 0 Å². The third-order valence-corrected chi connectivity index (χ3v) is 5.37. The van der Waals surface area contributed by atoms with Crippen molar-refractivity contribution >= 4 is 0 Å². The van der Waals surface area contributed by atoms with Crippen LogP contribution in [0.25, 0.3) is 0 Å². The van der Waals surface area contributed by atoms with Crippen molar-refractivity contribution in [1.82, 2.24) is 0 Å². The zero-order chi connectivity index (χ0) is 12.2. The summed E-state index contributed by atoms with van der Waals surface area (Å²) < 4.78 is 0. The van der Waals surface area contributed by atoms with Crippen LogP contribution >= 0.6 is 0 Å². The van der Waals surface area contributed by atoms with Gasteiger partial charge in [0.15, 0.2) is 0 Å². The van der Waals surface area contributed by atoms with Gasteiger partial charge in [-0.05, 0) is 77.0 Å². The molecular weight excluding hydrogens is 216 g/mol. The SMILES string of the molecule is C1CCC(=C2CCC(=C3CCCCC3)CC2)CC1. The first-order chi connectivity index (χ1) is 8.93. The van der Waals surface area contributed by atoms with Gasteiger partial charge in [0, 0.05) is 0 Å². The number of rotatable bonds is 0. The van der Waals surface area contributed by atoms with E-state index in [1.165, 1.54) is 89.9 Å². The molecule has 0 aromatic carbocycles. The molecule has 0 nitrogen and oxygen atoms in total. The largest absolute Gasteiger partial charge is 0.0710 e. The lowest BCUT2D eigenvalue weighted by molar-refractivity contribution is 0.561. The fourth-order valence-electron chi connectivity index (χ4n) is 4.22. The first-order valence-corrected chi connectivity index (χ1v) is 8.33. The van der Waals surface area contributed by atoms with Crippen LogP contribution < -0.4 is 0 Å². The first kappa shape index (κ1) is 12.5. The summed E-state index contributed by atoms with van der Waals surface area (Å²) in [6, 6.07) is 0. The van der Waals surface area contributed by atoms with Gasteiger partial charge in [-0.2, -0.15) is 0 Å². The van der Waals surface area contributed by atoms with Crippen molar-refractivity contribution in [1.29, 1.82) is 0 Å². The smallest absolute Gasteiger partial charge is 0.0280 e. The quantitative estimate of drug-likeness (QED) is 0.453. The Bertz CT molecular complexity index is 292. The summed E-state index contributed by atoms with van der Waals surface area (Å²) in [5, 5.41) is 0. The van der Waals surface area contributed by atoms with E-state index in [-0.39, 0.29) is 0 Å². The lowest BCUT2D eigenvalue weighted by Crippen LogP contribution is -2.07. The molecule has 0 radical (unpaired) electrons. The van der Waals surface area contributed by atoms with E-state index in [1.807, 2.05) is 22.3 Å². The predicted octanol–water partition coefficient (Wildman–Crippen LogP) is 6.08. The molecule has 3 saturated carbocycles. The fourth-order valence-corrected chi connectivity index (χ4v) is 4.22. The third-order valence-electron chi connectivity index (χ3n) is 5.37. The summed E-state index contributed by atoms with van der Waals surface area (Å²) in [7, 11) is 0.